The minimum Gasteiger partial charge on any atom is -0.454 e. The maximum atomic E-state index is 6.78. The van der Waals surface area contributed by atoms with Gasteiger partial charge in [-0.1, -0.05) is 154 Å². The third kappa shape index (κ3) is 5.93. The van der Waals surface area contributed by atoms with Gasteiger partial charge in [-0.3, -0.25) is 0 Å². The Bertz CT molecular complexity index is 3760. The highest BCUT2D eigenvalue weighted by atomic mass is 16.3. The number of fused-ring (bicyclic) bond motifs is 11. The molecule has 9 aromatic carbocycles. The molecule has 306 valence electrons. The molecule has 1 aliphatic carbocycles. The van der Waals surface area contributed by atoms with Gasteiger partial charge in [-0.25, -0.2) is 0 Å². The van der Waals surface area contributed by atoms with Crippen molar-refractivity contribution in [2.45, 2.75) is 39.5 Å². The fraction of sp³-hybridized carbons (Fsp3) is 0.100. The van der Waals surface area contributed by atoms with Crippen LogP contribution in [-0.2, 0) is 0 Å². The van der Waals surface area contributed by atoms with Crippen molar-refractivity contribution in [2.24, 2.45) is 0 Å². The topological polar surface area (TPSA) is 32.8 Å². The van der Waals surface area contributed by atoms with E-state index >= 15 is 0 Å². The molecule has 11 aromatic rings. The molecule has 64 heavy (non-hydrogen) atoms. The van der Waals surface area contributed by atoms with Crippen molar-refractivity contribution in [1.82, 2.24) is 0 Å². The predicted octanol–water partition coefficient (Wildman–Crippen LogP) is 17.8. The summed E-state index contributed by atoms with van der Waals surface area (Å²) < 4.78 is 13.5. The van der Waals surface area contributed by atoms with Crippen LogP contribution < -0.4 is 9.80 Å². The lowest BCUT2D eigenvalue weighted by Crippen LogP contribution is -2.12. The van der Waals surface area contributed by atoms with Crippen LogP contribution in [0.25, 0.3) is 77.4 Å². The average molecular weight is 825 g/mol. The Labute approximate surface area is 371 Å². The molecule has 0 spiro atoms. The Morgan fingerprint density at radius 1 is 0.375 bits per heavy atom. The zero-order valence-corrected chi connectivity index (χ0v) is 36.2. The highest BCUT2D eigenvalue weighted by Crippen LogP contribution is 2.50. The van der Waals surface area contributed by atoms with Crippen molar-refractivity contribution >= 4 is 112 Å². The van der Waals surface area contributed by atoms with Gasteiger partial charge in [0.15, 0.2) is 11.2 Å². The van der Waals surface area contributed by atoms with Gasteiger partial charge in [-0.15, -0.1) is 0 Å². The Kier molecular flexibility index (Phi) is 8.74. The van der Waals surface area contributed by atoms with Crippen LogP contribution in [0.2, 0.25) is 0 Å². The van der Waals surface area contributed by atoms with E-state index in [0.29, 0.717) is 11.8 Å². The van der Waals surface area contributed by atoms with Gasteiger partial charge in [0.2, 0.25) is 0 Å². The standard InChI is InChI=1S/C60H44N2O2/c1-37(2)39-27-31-41(32-28-39)61(53-23-13-21-49-47-19-9-11-25-57(47)63-59(49)53)55-35-51-44-16-6-8-18-46(44)56(36-52(51)43-15-5-7-17-45(43)55)62(42-33-29-40(30-34-42)38(3)4)54-24-14-22-50-48-20-10-12-26-58(48)64-60(50)54/h5-9,11,13-38H,1-4H3. The number of rotatable bonds is 8. The summed E-state index contributed by atoms with van der Waals surface area (Å²) in [6, 6.07) is 61.8. The van der Waals surface area contributed by atoms with E-state index in [1.165, 1.54) is 11.1 Å². The molecule has 0 N–H and O–H groups in total. The Hall–Kier alpha value is -8.00. The number of hydrogen-bond acceptors (Lipinski definition) is 4. The van der Waals surface area contributed by atoms with Crippen LogP contribution in [0.1, 0.15) is 62.0 Å². The number of furan rings is 2. The van der Waals surface area contributed by atoms with Crippen molar-refractivity contribution in [2.75, 3.05) is 9.80 Å². The fourth-order valence-corrected chi connectivity index (χ4v) is 9.82. The van der Waals surface area contributed by atoms with E-state index < -0.39 is 0 Å². The fourth-order valence-electron chi connectivity index (χ4n) is 9.82. The van der Waals surface area contributed by atoms with Gasteiger partial charge in [-0.05, 0) is 99.1 Å². The van der Waals surface area contributed by atoms with Gasteiger partial charge >= 0.3 is 0 Å². The van der Waals surface area contributed by atoms with E-state index in [9.17, 15) is 0 Å². The molecule has 1 aliphatic rings. The molecule has 0 aliphatic heterocycles. The molecular weight excluding hydrogens is 781 g/mol. The predicted molar refractivity (Wildman–Crippen MR) is 270 cm³/mol. The SMILES string of the molecule is CC(C)c1ccc(N(c2cc3c4ccccc4c(N(c4ccc(C(C)C)cc4)c4cccc5c4oc4ccccc45)cc3c3ccccc23)c2cccc3c4c(oc23)C=C=C=C4)cc1. The lowest BCUT2D eigenvalue weighted by molar-refractivity contribution is 0.603. The molecule has 4 nitrogen and oxygen atoms in total. The summed E-state index contributed by atoms with van der Waals surface area (Å²) in [5.41, 5.74) is 18.6. The highest BCUT2D eigenvalue weighted by molar-refractivity contribution is 6.25. The first-order valence-corrected chi connectivity index (χ1v) is 22.2. The summed E-state index contributed by atoms with van der Waals surface area (Å²) in [6.07, 6.45) is 3.85. The van der Waals surface area contributed by atoms with Crippen molar-refractivity contribution in [3.05, 3.63) is 204 Å². The van der Waals surface area contributed by atoms with Gasteiger partial charge < -0.3 is 18.6 Å². The van der Waals surface area contributed by atoms with Gasteiger partial charge in [0.25, 0.3) is 0 Å². The largest absolute Gasteiger partial charge is 0.454 e. The lowest BCUT2D eigenvalue weighted by atomic mass is 9.93. The lowest BCUT2D eigenvalue weighted by Gasteiger charge is -2.30. The maximum absolute atomic E-state index is 6.78. The number of para-hydroxylation sites is 3. The molecule has 0 bridgehead atoms. The molecule has 0 amide bonds. The zero-order valence-electron chi connectivity index (χ0n) is 36.2. The first-order chi connectivity index (χ1) is 31.4. The highest BCUT2D eigenvalue weighted by Gasteiger charge is 2.26. The molecule has 0 fully saturated rings. The molecule has 4 heteroatoms. The molecule has 12 rings (SSSR count). The van der Waals surface area contributed by atoms with Gasteiger partial charge in [0.05, 0.1) is 22.7 Å². The van der Waals surface area contributed by atoms with E-state index in [2.05, 4.69) is 213 Å². The number of anilines is 6. The second kappa shape index (κ2) is 14.8. The van der Waals surface area contributed by atoms with Crippen LogP contribution in [0.15, 0.2) is 190 Å². The van der Waals surface area contributed by atoms with E-state index in [1.54, 1.807) is 0 Å². The summed E-state index contributed by atoms with van der Waals surface area (Å²) in [6.45, 7) is 8.97. The number of hydrogen-bond donors (Lipinski definition) is 0. The van der Waals surface area contributed by atoms with Crippen molar-refractivity contribution < 1.29 is 8.83 Å². The molecule has 0 radical (unpaired) electrons. The molecule has 2 heterocycles. The minimum atomic E-state index is 0.405. The summed E-state index contributed by atoms with van der Waals surface area (Å²) in [5, 5.41) is 10.1. The molecule has 0 saturated carbocycles. The van der Waals surface area contributed by atoms with Gasteiger partial charge in [-0.2, -0.15) is 0 Å². The molecule has 0 unspecified atom stereocenters. The van der Waals surface area contributed by atoms with Crippen LogP contribution in [-0.4, -0.2) is 0 Å². The first kappa shape index (κ1) is 37.7. The monoisotopic (exact) mass is 824 g/mol. The smallest absolute Gasteiger partial charge is 0.159 e. The van der Waals surface area contributed by atoms with E-state index in [-0.39, 0.29) is 0 Å². The van der Waals surface area contributed by atoms with Crippen LogP contribution in [0.3, 0.4) is 0 Å². The van der Waals surface area contributed by atoms with Crippen LogP contribution >= 0.6 is 0 Å². The van der Waals surface area contributed by atoms with Crippen molar-refractivity contribution in [3.63, 3.8) is 0 Å². The van der Waals surface area contributed by atoms with E-state index in [1.807, 2.05) is 18.2 Å². The maximum Gasteiger partial charge on any atom is 0.159 e. The van der Waals surface area contributed by atoms with Crippen molar-refractivity contribution in [3.8, 4) is 0 Å². The molecule has 0 atom stereocenters. The summed E-state index contributed by atoms with van der Waals surface area (Å²) in [5.74, 6) is 1.61. The average Bonchev–Trinajstić information content (AvgIpc) is 3.92. The van der Waals surface area contributed by atoms with E-state index in [4.69, 9.17) is 8.83 Å². The van der Waals surface area contributed by atoms with Crippen LogP contribution in [0.5, 0.6) is 0 Å². The summed E-state index contributed by atoms with van der Waals surface area (Å²) >= 11 is 0. The Morgan fingerprint density at radius 3 is 1.38 bits per heavy atom. The molecular formula is C60H44N2O2. The molecule has 2 aromatic heterocycles. The number of benzene rings is 9. The Balaban J connectivity index is 1.16. The quantitative estimate of drug-likeness (QED) is 0.113. The third-order valence-corrected chi connectivity index (χ3v) is 13.1. The summed E-state index contributed by atoms with van der Waals surface area (Å²) in [4.78, 5) is 4.79. The van der Waals surface area contributed by atoms with Gasteiger partial charge in [0, 0.05) is 56.0 Å². The normalized spacial score (nSPS) is 12.3. The second-order valence-electron chi connectivity index (χ2n) is 17.5. The molecule has 0 saturated heterocycles. The minimum absolute atomic E-state index is 0.405. The van der Waals surface area contributed by atoms with Crippen LogP contribution in [0.4, 0.5) is 34.1 Å². The van der Waals surface area contributed by atoms with Crippen molar-refractivity contribution in [1.29, 1.82) is 0 Å². The third-order valence-electron chi connectivity index (χ3n) is 13.1. The zero-order chi connectivity index (χ0) is 43.1. The Morgan fingerprint density at radius 2 is 0.828 bits per heavy atom. The first-order valence-electron chi connectivity index (χ1n) is 22.2. The van der Waals surface area contributed by atoms with E-state index in [0.717, 1.165) is 111 Å². The van der Waals surface area contributed by atoms with Crippen LogP contribution in [0, 0.1) is 0 Å². The number of nitrogens with zero attached hydrogens (tertiary/aromatic N) is 2. The van der Waals surface area contributed by atoms with Gasteiger partial charge in [0.1, 0.15) is 11.3 Å². The summed E-state index contributed by atoms with van der Waals surface area (Å²) in [7, 11) is 0. The second-order valence-corrected chi connectivity index (χ2v) is 17.5.